The van der Waals surface area contributed by atoms with Crippen molar-refractivity contribution in [2.45, 2.75) is 36.9 Å². The van der Waals surface area contributed by atoms with Gasteiger partial charge < -0.3 is 4.90 Å². The maximum absolute atomic E-state index is 12.3. The largest absolute Gasteiger partial charge is 0.355 e. The number of anilines is 1. The van der Waals surface area contributed by atoms with E-state index >= 15 is 0 Å². The van der Waals surface area contributed by atoms with E-state index < -0.39 is 10.0 Å². The number of piperidine rings is 1. The molecule has 120 valence electrons. The Kier molecular flexibility index (Phi) is 4.24. The molecular formula is C14H20N4O2S2. The highest BCUT2D eigenvalue weighted by molar-refractivity contribution is 7.91. The molecule has 2 N–H and O–H groups in total. The van der Waals surface area contributed by atoms with Crippen LogP contribution < -0.4 is 9.62 Å². The van der Waals surface area contributed by atoms with Crippen LogP contribution >= 0.6 is 11.3 Å². The molecule has 22 heavy (non-hydrogen) atoms. The fourth-order valence-electron chi connectivity index (χ4n) is 2.62. The number of aryl methyl sites for hydroxylation is 2. The lowest BCUT2D eigenvalue weighted by Crippen LogP contribution is -2.44. The van der Waals surface area contributed by atoms with E-state index in [0.29, 0.717) is 4.21 Å². The Morgan fingerprint density at radius 3 is 2.59 bits per heavy atom. The summed E-state index contributed by atoms with van der Waals surface area (Å²) in [6, 6.07) is 3.72. The Labute approximate surface area is 134 Å². The average Bonchev–Trinajstić information content (AvgIpc) is 3.08. The molecule has 6 nitrogen and oxygen atoms in total. The first-order chi connectivity index (χ1) is 10.4. The van der Waals surface area contributed by atoms with Crippen LogP contribution in [0.4, 0.5) is 5.82 Å². The summed E-state index contributed by atoms with van der Waals surface area (Å²) < 4.78 is 27.9. The van der Waals surface area contributed by atoms with Crippen LogP contribution in [0.1, 0.15) is 24.1 Å². The summed E-state index contributed by atoms with van der Waals surface area (Å²) in [5, 5.41) is 9.05. The van der Waals surface area contributed by atoms with Crippen molar-refractivity contribution in [3.63, 3.8) is 0 Å². The summed E-state index contributed by atoms with van der Waals surface area (Å²) in [6.07, 6.45) is 1.57. The molecule has 0 bridgehead atoms. The van der Waals surface area contributed by atoms with Gasteiger partial charge in [-0.15, -0.1) is 11.3 Å². The third-order valence-electron chi connectivity index (χ3n) is 3.80. The molecule has 3 heterocycles. The quantitative estimate of drug-likeness (QED) is 0.893. The second-order valence-electron chi connectivity index (χ2n) is 5.73. The molecular weight excluding hydrogens is 320 g/mol. The molecule has 0 amide bonds. The monoisotopic (exact) mass is 340 g/mol. The highest BCUT2D eigenvalue weighted by Crippen LogP contribution is 2.22. The van der Waals surface area contributed by atoms with E-state index in [9.17, 15) is 8.42 Å². The second kappa shape index (κ2) is 6.02. The summed E-state index contributed by atoms with van der Waals surface area (Å²) in [5.74, 6) is 0.938. The van der Waals surface area contributed by atoms with Gasteiger partial charge in [0.05, 0.1) is 0 Å². The van der Waals surface area contributed by atoms with Gasteiger partial charge in [0.15, 0.2) is 5.82 Å². The van der Waals surface area contributed by atoms with Crippen molar-refractivity contribution in [3.05, 3.63) is 28.8 Å². The molecule has 1 saturated heterocycles. The maximum atomic E-state index is 12.3. The number of aromatic nitrogens is 2. The standard InChI is InChI=1S/C14H20N4O2S2/c1-10-7-14(21-9-10)22(19,20)17-12-3-5-18(6-4-12)13-8-11(2)15-16-13/h7-9,12,17H,3-6H2,1-2H3,(H,15,16). The molecule has 2 aromatic heterocycles. The highest BCUT2D eigenvalue weighted by atomic mass is 32.2. The number of nitrogens with one attached hydrogen (secondary N) is 2. The minimum absolute atomic E-state index is 0.0105. The fraction of sp³-hybridized carbons (Fsp3) is 0.500. The predicted octanol–water partition coefficient (Wildman–Crippen LogP) is 2.04. The van der Waals surface area contributed by atoms with Gasteiger partial charge in [0.1, 0.15) is 4.21 Å². The van der Waals surface area contributed by atoms with Crippen molar-refractivity contribution >= 4 is 27.2 Å². The Bertz CT molecular complexity index is 742. The normalized spacial score (nSPS) is 17.1. The lowest BCUT2D eigenvalue weighted by molar-refractivity contribution is 0.459. The summed E-state index contributed by atoms with van der Waals surface area (Å²) in [7, 11) is -3.39. The molecule has 0 aliphatic carbocycles. The average molecular weight is 340 g/mol. The first kappa shape index (κ1) is 15.5. The van der Waals surface area contributed by atoms with Crippen LogP contribution in [0, 0.1) is 13.8 Å². The third kappa shape index (κ3) is 3.34. The second-order valence-corrected chi connectivity index (χ2v) is 8.59. The Hall–Kier alpha value is -1.38. The molecule has 0 spiro atoms. The van der Waals surface area contributed by atoms with E-state index in [0.717, 1.165) is 43.0 Å². The summed E-state index contributed by atoms with van der Waals surface area (Å²) in [4.78, 5) is 2.18. The number of hydrogen-bond donors (Lipinski definition) is 2. The van der Waals surface area contributed by atoms with Crippen LogP contribution in [0.15, 0.2) is 21.7 Å². The van der Waals surface area contributed by atoms with Crippen LogP contribution in [-0.4, -0.2) is 37.7 Å². The van der Waals surface area contributed by atoms with Crippen molar-refractivity contribution in [2.75, 3.05) is 18.0 Å². The Morgan fingerprint density at radius 1 is 1.32 bits per heavy atom. The van der Waals surface area contributed by atoms with Gasteiger partial charge in [0, 0.05) is 30.9 Å². The van der Waals surface area contributed by atoms with Gasteiger partial charge in [-0.2, -0.15) is 5.10 Å². The number of rotatable bonds is 4. The van der Waals surface area contributed by atoms with Crippen molar-refractivity contribution < 1.29 is 8.42 Å². The minimum atomic E-state index is -3.39. The number of H-pyrrole nitrogens is 1. The zero-order chi connectivity index (χ0) is 15.7. The zero-order valence-corrected chi connectivity index (χ0v) is 14.3. The minimum Gasteiger partial charge on any atom is -0.355 e. The molecule has 2 aromatic rings. The maximum Gasteiger partial charge on any atom is 0.250 e. The first-order valence-corrected chi connectivity index (χ1v) is 9.65. The molecule has 1 aliphatic rings. The lowest BCUT2D eigenvalue weighted by atomic mass is 10.1. The van der Waals surface area contributed by atoms with Gasteiger partial charge in [-0.05, 0) is 43.7 Å². The molecule has 0 radical (unpaired) electrons. The third-order valence-corrected chi connectivity index (χ3v) is 6.88. The predicted molar refractivity (Wildman–Crippen MR) is 87.9 cm³/mol. The molecule has 3 rings (SSSR count). The van der Waals surface area contributed by atoms with E-state index in [2.05, 4.69) is 19.8 Å². The fourth-order valence-corrected chi connectivity index (χ4v) is 5.17. The number of thiophene rings is 1. The van der Waals surface area contributed by atoms with E-state index in [1.54, 1.807) is 6.07 Å². The molecule has 0 saturated carbocycles. The topological polar surface area (TPSA) is 78.1 Å². The molecule has 1 aliphatic heterocycles. The van der Waals surface area contributed by atoms with Gasteiger partial charge in [-0.1, -0.05) is 0 Å². The van der Waals surface area contributed by atoms with E-state index in [4.69, 9.17) is 0 Å². The van der Waals surface area contributed by atoms with Gasteiger partial charge in [0.25, 0.3) is 0 Å². The van der Waals surface area contributed by atoms with Crippen molar-refractivity contribution in [1.82, 2.24) is 14.9 Å². The molecule has 0 unspecified atom stereocenters. The SMILES string of the molecule is Cc1csc(S(=O)(=O)NC2CCN(c3cc(C)[nH]n3)CC2)c1. The van der Waals surface area contributed by atoms with Crippen LogP contribution in [0.2, 0.25) is 0 Å². The van der Waals surface area contributed by atoms with Gasteiger partial charge in [0.2, 0.25) is 10.0 Å². The van der Waals surface area contributed by atoms with Gasteiger partial charge >= 0.3 is 0 Å². The van der Waals surface area contributed by atoms with E-state index in [1.165, 1.54) is 11.3 Å². The number of sulfonamides is 1. The van der Waals surface area contributed by atoms with Gasteiger partial charge in [-0.3, -0.25) is 5.10 Å². The molecule has 1 fully saturated rings. The number of nitrogens with zero attached hydrogens (tertiary/aromatic N) is 2. The Morgan fingerprint density at radius 2 is 2.05 bits per heavy atom. The van der Waals surface area contributed by atoms with Crippen LogP contribution in [0.5, 0.6) is 0 Å². The summed E-state index contributed by atoms with van der Waals surface area (Å²) in [6.45, 7) is 5.49. The summed E-state index contributed by atoms with van der Waals surface area (Å²) in [5.41, 5.74) is 2.01. The van der Waals surface area contributed by atoms with E-state index in [-0.39, 0.29) is 6.04 Å². The van der Waals surface area contributed by atoms with Crippen molar-refractivity contribution in [1.29, 1.82) is 0 Å². The number of hydrogen-bond acceptors (Lipinski definition) is 5. The van der Waals surface area contributed by atoms with Gasteiger partial charge in [-0.25, -0.2) is 13.1 Å². The van der Waals surface area contributed by atoms with E-state index in [1.807, 2.05) is 25.3 Å². The smallest absolute Gasteiger partial charge is 0.250 e. The summed E-state index contributed by atoms with van der Waals surface area (Å²) >= 11 is 1.27. The van der Waals surface area contributed by atoms with Crippen LogP contribution in [0.3, 0.4) is 0 Å². The molecule has 8 heteroatoms. The Balaban J connectivity index is 1.60. The zero-order valence-electron chi connectivity index (χ0n) is 12.7. The lowest BCUT2D eigenvalue weighted by Gasteiger charge is -2.32. The van der Waals surface area contributed by atoms with Crippen LogP contribution in [0.25, 0.3) is 0 Å². The number of aromatic amines is 1. The van der Waals surface area contributed by atoms with Crippen LogP contribution in [-0.2, 0) is 10.0 Å². The molecule has 0 aromatic carbocycles. The molecule has 0 atom stereocenters. The van der Waals surface area contributed by atoms with Crippen molar-refractivity contribution in [2.24, 2.45) is 0 Å². The highest BCUT2D eigenvalue weighted by Gasteiger charge is 2.26. The van der Waals surface area contributed by atoms with Crippen molar-refractivity contribution in [3.8, 4) is 0 Å². The first-order valence-electron chi connectivity index (χ1n) is 7.28.